The summed E-state index contributed by atoms with van der Waals surface area (Å²) in [7, 11) is 1.52. The summed E-state index contributed by atoms with van der Waals surface area (Å²) >= 11 is 1.24. The molecular weight excluding hydrogens is 406 g/mol. The van der Waals surface area contributed by atoms with E-state index in [4.69, 9.17) is 13.9 Å². The molecule has 0 saturated carbocycles. The van der Waals surface area contributed by atoms with Crippen LogP contribution in [0.2, 0.25) is 0 Å². The molecule has 1 aromatic heterocycles. The number of nitrogens with zero attached hydrogens (tertiary/aromatic N) is 2. The Bertz CT molecular complexity index is 850. The summed E-state index contributed by atoms with van der Waals surface area (Å²) in [5.74, 6) is -0.639. The zero-order valence-electron chi connectivity index (χ0n) is 17.7. The summed E-state index contributed by atoms with van der Waals surface area (Å²) in [6.45, 7) is 7.20. The van der Waals surface area contributed by atoms with Crippen LogP contribution in [0.15, 0.2) is 44.7 Å². The molecule has 0 bridgehead atoms. The molecule has 0 spiro atoms. The third-order valence-corrected chi connectivity index (χ3v) is 5.67. The van der Waals surface area contributed by atoms with Crippen LogP contribution in [-0.2, 0) is 19.1 Å². The van der Waals surface area contributed by atoms with Gasteiger partial charge in [0.15, 0.2) is 0 Å². The van der Waals surface area contributed by atoms with Crippen molar-refractivity contribution in [1.82, 2.24) is 10.2 Å². The molecule has 1 N–H and O–H groups in total. The van der Waals surface area contributed by atoms with Crippen LogP contribution in [0.25, 0.3) is 0 Å². The van der Waals surface area contributed by atoms with E-state index in [2.05, 4.69) is 11.4 Å². The van der Waals surface area contributed by atoms with Gasteiger partial charge in [-0.25, -0.2) is 4.79 Å². The fraction of sp³-hybridized carbons (Fsp3) is 0.476. The van der Waals surface area contributed by atoms with Crippen molar-refractivity contribution in [3.8, 4) is 6.07 Å². The lowest BCUT2D eigenvalue weighted by atomic mass is 9.86. The molecule has 2 rings (SSSR count). The van der Waals surface area contributed by atoms with Crippen molar-refractivity contribution < 1.29 is 23.5 Å². The summed E-state index contributed by atoms with van der Waals surface area (Å²) < 4.78 is 15.8. The molecule has 0 saturated heterocycles. The third kappa shape index (κ3) is 5.46. The van der Waals surface area contributed by atoms with E-state index in [-0.39, 0.29) is 24.9 Å². The van der Waals surface area contributed by atoms with Crippen molar-refractivity contribution >= 4 is 23.6 Å². The SMILES string of the molecule is CCN(CC)C(=O)CSC1=C(C#N)[C@@H](c2ccco2)C(C(=O)OCCOC)=C(C)N1. The van der Waals surface area contributed by atoms with Crippen LogP contribution in [0, 0.1) is 11.3 Å². The highest BCUT2D eigenvalue weighted by Gasteiger charge is 2.37. The summed E-state index contributed by atoms with van der Waals surface area (Å²) in [5.41, 5.74) is 1.17. The van der Waals surface area contributed by atoms with E-state index < -0.39 is 11.9 Å². The number of hydrogen-bond acceptors (Lipinski definition) is 8. The summed E-state index contributed by atoms with van der Waals surface area (Å²) in [5, 5.41) is 13.6. The van der Waals surface area contributed by atoms with Crippen LogP contribution in [0.3, 0.4) is 0 Å². The fourth-order valence-corrected chi connectivity index (χ4v) is 4.13. The van der Waals surface area contributed by atoms with Crippen molar-refractivity contribution in [2.45, 2.75) is 26.7 Å². The van der Waals surface area contributed by atoms with Gasteiger partial charge in [0, 0.05) is 25.9 Å². The molecule has 0 aliphatic carbocycles. The Kier molecular flexibility index (Phi) is 9.02. The second kappa shape index (κ2) is 11.5. The predicted octanol–water partition coefficient (Wildman–Crippen LogP) is 2.77. The second-order valence-corrected chi connectivity index (χ2v) is 7.44. The number of carbonyl (C=O) groups excluding carboxylic acids is 2. The maximum absolute atomic E-state index is 12.8. The Morgan fingerprint density at radius 2 is 2.07 bits per heavy atom. The molecule has 1 aliphatic heterocycles. The Morgan fingerprint density at radius 1 is 1.33 bits per heavy atom. The van der Waals surface area contributed by atoms with Crippen molar-refractivity contribution in [3.63, 3.8) is 0 Å². The number of allylic oxidation sites excluding steroid dienone is 2. The fourth-order valence-electron chi connectivity index (χ4n) is 3.13. The van der Waals surface area contributed by atoms with Crippen LogP contribution in [-0.4, -0.2) is 55.9 Å². The molecule has 30 heavy (non-hydrogen) atoms. The van der Waals surface area contributed by atoms with Crippen molar-refractivity contribution in [2.75, 3.05) is 39.2 Å². The summed E-state index contributed by atoms with van der Waals surface area (Å²) in [6.07, 6.45) is 1.49. The van der Waals surface area contributed by atoms with Crippen molar-refractivity contribution in [2.24, 2.45) is 0 Å². The van der Waals surface area contributed by atoms with E-state index in [1.54, 1.807) is 24.0 Å². The minimum atomic E-state index is -0.715. The minimum Gasteiger partial charge on any atom is -0.468 e. The van der Waals surface area contributed by atoms with Gasteiger partial charge in [0.25, 0.3) is 0 Å². The second-order valence-electron chi connectivity index (χ2n) is 6.45. The molecule has 1 aliphatic rings. The van der Waals surface area contributed by atoms with Crippen LogP contribution in [0.5, 0.6) is 0 Å². The van der Waals surface area contributed by atoms with Crippen LogP contribution in [0.1, 0.15) is 32.4 Å². The topological polar surface area (TPSA) is 105 Å². The van der Waals surface area contributed by atoms with Gasteiger partial charge < -0.3 is 24.1 Å². The molecule has 1 amide bonds. The van der Waals surface area contributed by atoms with Crippen LogP contribution >= 0.6 is 11.8 Å². The normalized spacial score (nSPS) is 16.2. The molecule has 8 nitrogen and oxygen atoms in total. The van der Waals surface area contributed by atoms with E-state index in [1.165, 1.54) is 25.1 Å². The van der Waals surface area contributed by atoms with Gasteiger partial charge in [-0.2, -0.15) is 5.26 Å². The van der Waals surface area contributed by atoms with Crippen molar-refractivity contribution in [3.05, 3.63) is 46.0 Å². The number of ether oxygens (including phenoxy) is 2. The van der Waals surface area contributed by atoms with E-state index in [0.29, 0.717) is 40.7 Å². The molecule has 9 heteroatoms. The van der Waals surface area contributed by atoms with Crippen molar-refractivity contribution in [1.29, 1.82) is 5.26 Å². The molecule has 162 valence electrons. The highest BCUT2D eigenvalue weighted by atomic mass is 32.2. The number of thioether (sulfide) groups is 1. The van der Waals surface area contributed by atoms with E-state index in [1.807, 2.05) is 13.8 Å². The lowest BCUT2D eigenvalue weighted by Gasteiger charge is -2.28. The zero-order chi connectivity index (χ0) is 22.1. The van der Waals surface area contributed by atoms with E-state index in [0.717, 1.165) is 0 Å². The largest absolute Gasteiger partial charge is 0.468 e. The minimum absolute atomic E-state index is 0.0162. The number of amides is 1. The highest BCUT2D eigenvalue weighted by molar-refractivity contribution is 8.03. The molecule has 0 aromatic carbocycles. The summed E-state index contributed by atoms with van der Waals surface area (Å²) in [6, 6.07) is 5.61. The van der Waals surface area contributed by atoms with Gasteiger partial charge in [-0.3, -0.25) is 4.79 Å². The number of nitrogens with one attached hydrogen (secondary N) is 1. The van der Waals surface area contributed by atoms with E-state index >= 15 is 0 Å². The molecule has 1 aromatic rings. The average molecular weight is 434 g/mol. The number of carbonyl (C=O) groups is 2. The number of rotatable bonds is 10. The Morgan fingerprint density at radius 3 is 2.63 bits per heavy atom. The number of hydrogen-bond donors (Lipinski definition) is 1. The number of nitriles is 1. The Balaban J connectivity index is 2.34. The number of esters is 1. The number of furan rings is 1. The first-order chi connectivity index (χ1) is 14.5. The van der Waals surface area contributed by atoms with Gasteiger partial charge in [-0.15, -0.1) is 0 Å². The number of methoxy groups -OCH3 is 1. The predicted molar refractivity (Wildman–Crippen MR) is 113 cm³/mol. The first-order valence-corrected chi connectivity index (χ1v) is 10.7. The first-order valence-electron chi connectivity index (χ1n) is 9.70. The number of dihydropyridines is 1. The molecule has 2 heterocycles. The lowest BCUT2D eigenvalue weighted by Crippen LogP contribution is -2.33. The third-order valence-electron chi connectivity index (χ3n) is 4.67. The van der Waals surface area contributed by atoms with Crippen LogP contribution < -0.4 is 5.32 Å². The first kappa shape index (κ1) is 23.6. The Hall–Kier alpha value is -2.70. The average Bonchev–Trinajstić information content (AvgIpc) is 3.27. The lowest BCUT2D eigenvalue weighted by molar-refractivity contribution is -0.140. The molecular formula is C21H27N3O5S. The van der Waals surface area contributed by atoms with Gasteiger partial charge in [0.05, 0.1) is 46.8 Å². The zero-order valence-corrected chi connectivity index (χ0v) is 18.5. The molecule has 0 fully saturated rings. The quantitative estimate of drug-likeness (QED) is 0.444. The van der Waals surface area contributed by atoms with E-state index in [9.17, 15) is 14.9 Å². The van der Waals surface area contributed by atoms with Crippen LogP contribution in [0.4, 0.5) is 0 Å². The van der Waals surface area contributed by atoms with Gasteiger partial charge >= 0.3 is 5.97 Å². The molecule has 0 radical (unpaired) electrons. The van der Waals surface area contributed by atoms with Gasteiger partial charge in [-0.05, 0) is 32.9 Å². The van der Waals surface area contributed by atoms with Gasteiger partial charge in [0.1, 0.15) is 12.4 Å². The maximum Gasteiger partial charge on any atom is 0.336 e. The Labute approximate surface area is 180 Å². The molecule has 0 unspecified atom stereocenters. The van der Waals surface area contributed by atoms with Gasteiger partial charge in [0.2, 0.25) is 5.91 Å². The van der Waals surface area contributed by atoms with Gasteiger partial charge in [-0.1, -0.05) is 11.8 Å². The monoisotopic (exact) mass is 433 g/mol. The summed E-state index contributed by atoms with van der Waals surface area (Å²) in [4.78, 5) is 26.9. The smallest absolute Gasteiger partial charge is 0.336 e. The highest BCUT2D eigenvalue weighted by Crippen LogP contribution is 2.41. The molecule has 1 atom stereocenters. The standard InChI is InChI=1S/C21H27N3O5S/c1-5-24(6-2)17(25)13-30-20-15(12-22)19(16-8-7-9-28-16)18(14(3)23-20)21(26)29-11-10-27-4/h7-9,19,23H,5-6,10-11,13H2,1-4H3/t19-/m0/s1. The maximum atomic E-state index is 12.8.